The number of thiophene rings is 1. The van der Waals surface area contributed by atoms with Gasteiger partial charge < -0.3 is 5.32 Å². The minimum absolute atomic E-state index is 0.521. The fourth-order valence-electron chi connectivity index (χ4n) is 1.61. The number of halogens is 2. The molecule has 1 heterocycles. The second-order valence-corrected chi connectivity index (χ2v) is 7.18. The van der Waals surface area contributed by atoms with Gasteiger partial charge in [0.25, 0.3) is 0 Å². The Morgan fingerprint density at radius 1 is 1.31 bits per heavy atom. The second kappa shape index (κ2) is 7.85. The van der Waals surface area contributed by atoms with E-state index in [1.165, 1.54) is 38.8 Å². The van der Waals surface area contributed by atoms with Crippen LogP contribution in [0.1, 0.15) is 50.4 Å². The van der Waals surface area contributed by atoms with Crippen molar-refractivity contribution in [2.24, 2.45) is 0 Å². The zero-order chi connectivity index (χ0) is 12.0. The van der Waals surface area contributed by atoms with Gasteiger partial charge in [0.05, 0.1) is 3.79 Å². The van der Waals surface area contributed by atoms with E-state index < -0.39 is 0 Å². The molecule has 0 aliphatic carbocycles. The number of unbranched alkanes of at least 4 members (excludes halogenated alkanes) is 1. The van der Waals surface area contributed by atoms with E-state index in [0.717, 1.165) is 6.54 Å². The smallest absolute Gasteiger partial charge is 0.0843 e. The lowest BCUT2D eigenvalue weighted by molar-refractivity contribution is 0.487. The van der Waals surface area contributed by atoms with Gasteiger partial charge in [-0.05, 0) is 57.3 Å². The highest BCUT2D eigenvalue weighted by Gasteiger charge is 2.14. The van der Waals surface area contributed by atoms with Gasteiger partial charge in [-0.2, -0.15) is 0 Å². The number of hydrogen-bond acceptors (Lipinski definition) is 2. The Bertz CT molecular complexity index is 284. The molecule has 0 saturated carbocycles. The van der Waals surface area contributed by atoms with Gasteiger partial charge in [-0.25, -0.2) is 0 Å². The van der Waals surface area contributed by atoms with Crippen LogP contribution in [0.4, 0.5) is 0 Å². The maximum Gasteiger partial charge on any atom is 0.0843 e. The maximum atomic E-state index is 3.63. The lowest BCUT2D eigenvalue weighted by atomic mass is 10.1. The second-order valence-electron chi connectivity index (χ2n) is 3.92. The zero-order valence-electron chi connectivity index (χ0n) is 9.85. The van der Waals surface area contributed by atoms with E-state index in [9.17, 15) is 0 Å². The Labute approximate surface area is 119 Å². The molecule has 0 saturated heterocycles. The summed E-state index contributed by atoms with van der Waals surface area (Å²) in [6.07, 6.45) is 4.97. The quantitative estimate of drug-likeness (QED) is 0.669. The molecular formula is C12H19Br2NS. The molecule has 0 radical (unpaired) electrons. The van der Waals surface area contributed by atoms with E-state index in [4.69, 9.17) is 0 Å². The number of nitrogens with one attached hydrogen (secondary N) is 1. The minimum atomic E-state index is 0.521. The molecule has 0 aliphatic heterocycles. The van der Waals surface area contributed by atoms with E-state index >= 15 is 0 Å². The predicted octanol–water partition coefficient (Wildman–Crippen LogP) is 5.50. The van der Waals surface area contributed by atoms with Gasteiger partial charge in [0.1, 0.15) is 0 Å². The molecule has 1 atom stereocenters. The van der Waals surface area contributed by atoms with Crippen LogP contribution in [0.3, 0.4) is 0 Å². The molecule has 4 heteroatoms. The average molecular weight is 369 g/mol. The van der Waals surface area contributed by atoms with Gasteiger partial charge in [0.2, 0.25) is 0 Å². The first kappa shape index (κ1) is 14.7. The third-order valence-corrected chi connectivity index (χ3v) is 5.86. The highest BCUT2D eigenvalue weighted by atomic mass is 79.9. The number of rotatable bonds is 7. The molecule has 1 rings (SSSR count). The third-order valence-electron chi connectivity index (χ3n) is 2.49. The van der Waals surface area contributed by atoms with Crippen molar-refractivity contribution in [1.82, 2.24) is 5.32 Å². The summed E-state index contributed by atoms with van der Waals surface area (Å²) in [5.74, 6) is 0. The summed E-state index contributed by atoms with van der Waals surface area (Å²) in [6.45, 7) is 5.56. The van der Waals surface area contributed by atoms with Gasteiger partial charge in [-0.1, -0.05) is 26.7 Å². The first-order valence-corrected chi connectivity index (χ1v) is 8.27. The molecule has 0 aliphatic rings. The Morgan fingerprint density at radius 2 is 2.06 bits per heavy atom. The number of hydrogen-bond donors (Lipinski definition) is 1. The molecule has 1 unspecified atom stereocenters. The molecule has 16 heavy (non-hydrogen) atoms. The van der Waals surface area contributed by atoms with Gasteiger partial charge in [0, 0.05) is 15.4 Å². The fraction of sp³-hybridized carbons (Fsp3) is 0.667. The molecule has 1 aromatic heterocycles. The molecule has 0 amide bonds. The summed E-state index contributed by atoms with van der Waals surface area (Å²) in [5.41, 5.74) is 0. The van der Waals surface area contributed by atoms with Crippen molar-refractivity contribution < 1.29 is 0 Å². The molecule has 0 bridgehead atoms. The maximum absolute atomic E-state index is 3.63. The molecular weight excluding hydrogens is 350 g/mol. The van der Waals surface area contributed by atoms with E-state index in [1.807, 2.05) is 11.3 Å². The van der Waals surface area contributed by atoms with Crippen molar-refractivity contribution in [3.8, 4) is 0 Å². The molecule has 0 fully saturated rings. The molecule has 1 aromatic rings. The summed E-state index contributed by atoms with van der Waals surface area (Å²) >= 11 is 8.95. The van der Waals surface area contributed by atoms with Gasteiger partial charge in [-0.3, -0.25) is 0 Å². The van der Waals surface area contributed by atoms with Gasteiger partial charge in [-0.15, -0.1) is 11.3 Å². The van der Waals surface area contributed by atoms with Crippen LogP contribution >= 0.6 is 43.2 Å². The summed E-state index contributed by atoms with van der Waals surface area (Å²) in [5, 5.41) is 3.63. The molecule has 0 spiro atoms. The molecule has 1 N–H and O–H groups in total. The largest absolute Gasteiger partial charge is 0.309 e. The van der Waals surface area contributed by atoms with Gasteiger partial charge >= 0.3 is 0 Å². The summed E-state index contributed by atoms with van der Waals surface area (Å²) < 4.78 is 2.37. The Morgan fingerprint density at radius 3 is 2.56 bits per heavy atom. The third kappa shape index (κ3) is 4.47. The minimum Gasteiger partial charge on any atom is -0.309 e. The van der Waals surface area contributed by atoms with Crippen molar-refractivity contribution in [2.75, 3.05) is 6.54 Å². The normalized spacial score (nSPS) is 13.0. The topological polar surface area (TPSA) is 12.0 Å². The van der Waals surface area contributed by atoms with Crippen molar-refractivity contribution in [1.29, 1.82) is 0 Å². The van der Waals surface area contributed by atoms with E-state index in [0.29, 0.717) is 6.04 Å². The van der Waals surface area contributed by atoms with Crippen molar-refractivity contribution >= 4 is 43.2 Å². The van der Waals surface area contributed by atoms with Gasteiger partial charge in [0.15, 0.2) is 0 Å². The molecule has 0 aromatic carbocycles. The lowest BCUT2D eigenvalue weighted by Gasteiger charge is -2.16. The van der Waals surface area contributed by atoms with Crippen LogP contribution in [0.15, 0.2) is 14.3 Å². The standard InChI is InChI=1S/C12H19Br2NS/c1-3-5-6-10(15-7-4-2)11-8-9(13)12(14)16-11/h8,10,15H,3-7H2,1-2H3. The van der Waals surface area contributed by atoms with Crippen molar-refractivity contribution in [3.63, 3.8) is 0 Å². The summed E-state index contributed by atoms with van der Waals surface area (Å²) in [6, 6.07) is 2.75. The summed E-state index contributed by atoms with van der Waals surface area (Å²) in [7, 11) is 0. The highest BCUT2D eigenvalue weighted by molar-refractivity contribution is 9.13. The first-order valence-electron chi connectivity index (χ1n) is 5.87. The predicted molar refractivity (Wildman–Crippen MR) is 80.3 cm³/mol. The van der Waals surface area contributed by atoms with Crippen LogP contribution in [0.2, 0.25) is 0 Å². The lowest BCUT2D eigenvalue weighted by Crippen LogP contribution is -2.21. The Hall–Kier alpha value is 0.620. The van der Waals surface area contributed by atoms with Crippen LogP contribution in [0, 0.1) is 0 Å². The van der Waals surface area contributed by atoms with Crippen molar-refractivity contribution in [3.05, 3.63) is 19.2 Å². The van der Waals surface area contributed by atoms with E-state index in [-0.39, 0.29) is 0 Å². The Balaban J connectivity index is 2.66. The fourth-order valence-corrected chi connectivity index (χ4v) is 3.81. The van der Waals surface area contributed by atoms with Crippen LogP contribution in [0.5, 0.6) is 0 Å². The van der Waals surface area contributed by atoms with Crippen LogP contribution in [-0.4, -0.2) is 6.54 Å². The van der Waals surface area contributed by atoms with Crippen LogP contribution < -0.4 is 5.32 Å². The van der Waals surface area contributed by atoms with E-state index in [1.54, 1.807) is 0 Å². The SMILES string of the molecule is CCCCC(NCCC)c1cc(Br)c(Br)s1. The first-order chi connectivity index (χ1) is 7.69. The highest BCUT2D eigenvalue weighted by Crippen LogP contribution is 2.36. The zero-order valence-corrected chi connectivity index (χ0v) is 13.8. The van der Waals surface area contributed by atoms with Crippen molar-refractivity contribution in [2.45, 2.75) is 45.6 Å². The average Bonchev–Trinajstić information content (AvgIpc) is 2.59. The van der Waals surface area contributed by atoms with Crippen LogP contribution in [-0.2, 0) is 0 Å². The summed E-state index contributed by atoms with van der Waals surface area (Å²) in [4.78, 5) is 1.43. The van der Waals surface area contributed by atoms with E-state index in [2.05, 4.69) is 57.1 Å². The molecule has 92 valence electrons. The monoisotopic (exact) mass is 367 g/mol. The molecule has 1 nitrogen and oxygen atoms in total. The Kier molecular flexibility index (Phi) is 7.20. The van der Waals surface area contributed by atoms with Crippen LogP contribution in [0.25, 0.3) is 0 Å².